The van der Waals surface area contributed by atoms with E-state index in [0.29, 0.717) is 12.3 Å². The van der Waals surface area contributed by atoms with E-state index in [-0.39, 0.29) is 5.56 Å². The van der Waals surface area contributed by atoms with E-state index in [2.05, 4.69) is 21.0 Å². The predicted octanol–water partition coefficient (Wildman–Crippen LogP) is 2.40. The number of hydrogen-bond acceptors (Lipinski definition) is 3. The summed E-state index contributed by atoms with van der Waals surface area (Å²) in [5.41, 5.74) is 1.08. The zero-order valence-electron chi connectivity index (χ0n) is 9.63. The number of halogens is 1. The monoisotopic (exact) mass is 310 g/mol. The van der Waals surface area contributed by atoms with Gasteiger partial charge in [-0.2, -0.15) is 5.10 Å². The summed E-state index contributed by atoms with van der Waals surface area (Å²) in [7, 11) is 1.45. The van der Waals surface area contributed by atoms with Gasteiger partial charge < -0.3 is 9.84 Å². The number of carboxylic acid groups (broad SMARTS) is 1. The van der Waals surface area contributed by atoms with Gasteiger partial charge in [-0.05, 0) is 33.6 Å². The van der Waals surface area contributed by atoms with Crippen molar-refractivity contribution in [2.24, 2.45) is 0 Å². The SMILES string of the molecule is COc1cc(Cn2cc(Br)cn2)ccc1C(=O)O. The summed E-state index contributed by atoms with van der Waals surface area (Å²) in [5.74, 6) is -0.647. The molecule has 2 rings (SSSR count). The van der Waals surface area contributed by atoms with Crippen molar-refractivity contribution in [1.82, 2.24) is 9.78 Å². The molecular weight excluding hydrogens is 300 g/mol. The molecule has 0 aliphatic rings. The first kappa shape index (κ1) is 12.6. The van der Waals surface area contributed by atoms with Crippen LogP contribution in [0, 0.1) is 0 Å². The minimum atomic E-state index is -1.000. The molecule has 18 heavy (non-hydrogen) atoms. The highest BCUT2D eigenvalue weighted by atomic mass is 79.9. The lowest BCUT2D eigenvalue weighted by molar-refractivity contribution is 0.0693. The van der Waals surface area contributed by atoms with Gasteiger partial charge in [0.05, 0.1) is 24.3 Å². The molecular formula is C12H11BrN2O3. The number of ether oxygens (including phenoxy) is 1. The average molecular weight is 311 g/mol. The highest BCUT2D eigenvalue weighted by Gasteiger charge is 2.11. The van der Waals surface area contributed by atoms with E-state index in [9.17, 15) is 4.79 Å². The van der Waals surface area contributed by atoms with Gasteiger partial charge in [0, 0.05) is 6.20 Å². The number of aromatic carboxylic acids is 1. The lowest BCUT2D eigenvalue weighted by Gasteiger charge is -2.08. The summed E-state index contributed by atoms with van der Waals surface area (Å²) >= 11 is 3.32. The van der Waals surface area contributed by atoms with Crippen LogP contribution in [0.25, 0.3) is 0 Å². The number of carbonyl (C=O) groups is 1. The van der Waals surface area contributed by atoms with Gasteiger partial charge in [-0.3, -0.25) is 4.68 Å². The highest BCUT2D eigenvalue weighted by Crippen LogP contribution is 2.21. The van der Waals surface area contributed by atoms with Gasteiger partial charge in [-0.25, -0.2) is 4.79 Å². The topological polar surface area (TPSA) is 64.4 Å². The van der Waals surface area contributed by atoms with Crippen LogP contribution in [0.5, 0.6) is 5.75 Å². The van der Waals surface area contributed by atoms with Gasteiger partial charge in [0.1, 0.15) is 11.3 Å². The van der Waals surface area contributed by atoms with Crippen molar-refractivity contribution in [2.75, 3.05) is 7.11 Å². The second-order valence-corrected chi connectivity index (χ2v) is 4.61. The fourth-order valence-corrected chi connectivity index (χ4v) is 1.95. The summed E-state index contributed by atoms with van der Waals surface area (Å²) < 4.78 is 7.72. The van der Waals surface area contributed by atoms with Crippen molar-refractivity contribution in [2.45, 2.75) is 6.54 Å². The number of methoxy groups -OCH3 is 1. The van der Waals surface area contributed by atoms with Crippen LogP contribution < -0.4 is 4.74 Å². The molecule has 0 aliphatic heterocycles. The number of carboxylic acids is 1. The van der Waals surface area contributed by atoms with Gasteiger partial charge in [-0.15, -0.1) is 0 Å². The van der Waals surface area contributed by atoms with Crippen LogP contribution in [0.1, 0.15) is 15.9 Å². The first-order valence-corrected chi connectivity index (χ1v) is 5.97. The molecule has 1 aromatic heterocycles. The highest BCUT2D eigenvalue weighted by molar-refractivity contribution is 9.10. The van der Waals surface area contributed by atoms with E-state index in [0.717, 1.165) is 10.0 Å². The van der Waals surface area contributed by atoms with Crippen molar-refractivity contribution in [3.8, 4) is 5.75 Å². The molecule has 0 bridgehead atoms. The van der Waals surface area contributed by atoms with Crippen LogP contribution in [-0.2, 0) is 6.54 Å². The molecule has 0 saturated heterocycles. The Balaban J connectivity index is 2.27. The van der Waals surface area contributed by atoms with Crippen LogP contribution in [0.4, 0.5) is 0 Å². The molecule has 0 radical (unpaired) electrons. The molecule has 0 spiro atoms. The Morgan fingerprint density at radius 2 is 2.33 bits per heavy atom. The van der Waals surface area contributed by atoms with Crippen molar-refractivity contribution in [3.63, 3.8) is 0 Å². The second kappa shape index (κ2) is 5.22. The van der Waals surface area contributed by atoms with Gasteiger partial charge in [0.2, 0.25) is 0 Å². The number of rotatable bonds is 4. The van der Waals surface area contributed by atoms with Crippen LogP contribution in [-0.4, -0.2) is 28.0 Å². The maximum Gasteiger partial charge on any atom is 0.339 e. The number of aromatic nitrogens is 2. The molecule has 0 fully saturated rings. The average Bonchev–Trinajstić information content (AvgIpc) is 2.74. The van der Waals surface area contributed by atoms with E-state index in [1.165, 1.54) is 13.2 Å². The Hall–Kier alpha value is -1.82. The summed E-state index contributed by atoms with van der Waals surface area (Å²) in [4.78, 5) is 10.9. The number of hydrogen-bond donors (Lipinski definition) is 1. The fraction of sp³-hybridized carbons (Fsp3) is 0.167. The predicted molar refractivity (Wildman–Crippen MR) is 69.0 cm³/mol. The number of nitrogens with zero attached hydrogens (tertiary/aromatic N) is 2. The van der Waals surface area contributed by atoms with E-state index in [1.54, 1.807) is 23.0 Å². The molecule has 0 atom stereocenters. The van der Waals surface area contributed by atoms with E-state index >= 15 is 0 Å². The summed E-state index contributed by atoms with van der Waals surface area (Å²) in [6, 6.07) is 5.00. The van der Waals surface area contributed by atoms with Crippen LogP contribution >= 0.6 is 15.9 Å². The summed E-state index contributed by atoms with van der Waals surface area (Å²) in [6.07, 6.45) is 3.54. The lowest BCUT2D eigenvalue weighted by Crippen LogP contribution is -2.04. The molecule has 2 aromatic rings. The smallest absolute Gasteiger partial charge is 0.339 e. The second-order valence-electron chi connectivity index (χ2n) is 3.70. The fourth-order valence-electron chi connectivity index (χ4n) is 1.62. The molecule has 0 saturated carbocycles. The van der Waals surface area contributed by atoms with Crippen LogP contribution in [0.15, 0.2) is 35.1 Å². The summed E-state index contributed by atoms with van der Waals surface area (Å²) in [5, 5.41) is 13.1. The van der Waals surface area contributed by atoms with Gasteiger partial charge in [-0.1, -0.05) is 6.07 Å². The number of benzene rings is 1. The van der Waals surface area contributed by atoms with Gasteiger partial charge in [0.25, 0.3) is 0 Å². The lowest BCUT2D eigenvalue weighted by atomic mass is 10.1. The van der Waals surface area contributed by atoms with Crippen molar-refractivity contribution in [3.05, 3.63) is 46.2 Å². The Labute approximate surface area is 112 Å². The quantitative estimate of drug-likeness (QED) is 0.942. The first-order chi connectivity index (χ1) is 8.60. The third-order valence-corrected chi connectivity index (χ3v) is 2.85. The van der Waals surface area contributed by atoms with Gasteiger partial charge >= 0.3 is 5.97 Å². The van der Waals surface area contributed by atoms with E-state index in [1.807, 2.05) is 6.20 Å². The molecule has 5 nitrogen and oxygen atoms in total. The minimum absolute atomic E-state index is 0.155. The Kier molecular flexibility index (Phi) is 3.66. The zero-order valence-corrected chi connectivity index (χ0v) is 11.2. The largest absolute Gasteiger partial charge is 0.496 e. The molecule has 1 aromatic carbocycles. The maximum atomic E-state index is 10.9. The maximum absolute atomic E-state index is 10.9. The standard InChI is InChI=1S/C12H11BrN2O3/c1-18-11-4-8(2-3-10(11)12(16)17)6-15-7-9(13)5-14-15/h2-5,7H,6H2,1H3,(H,16,17). The van der Waals surface area contributed by atoms with E-state index in [4.69, 9.17) is 9.84 Å². The first-order valence-electron chi connectivity index (χ1n) is 5.18. The minimum Gasteiger partial charge on any atom is -0.496 e. The molecule has 6 heteroatoms. The molecule has 0 aliphatic carbocycles. The van der Waals surface area contributed by atoms with Crippen molar-refractivity contribution in [1.29, 1.82) is 0 Å². The Bertz CT molecular complexity index is 580. The Morgan fingerprint density at radius 3 is 2.89 bits per heavy atom. The Morgan fingerprint density at radius 1 is 1.56 bits per heavy atom. The molecule has 1 N–H and O–H groups in total. The normalized spacial score (nSPS) is 10.3. The van der Waals surface area contributed by atoms with Crippen molar-refractivity contribution < 1.29 is 14.6 Å². The van der Waals surface area contributed by atoms with Crippen LogP contribution in [0.3, 0.4) is 0 Å². The van der Waals surface area contributed by atoms with Crippen molar-refractivity contribution >= 4 is 21.9 Å². The van der Waals surface area contributed by atoms with Crippen LogP contribution in [0.2, 0.25) is 0 Å². The molecule has 0 unspecified atom stereocenters. The third kappa shape index (κ3) is 2.70. The van der Waals surface area contributed by atoms with E-state index < -0.39 is 5.97 Å². The van der Waals surface area contributed by atoms with Gasteiger partial charge in [0.15, 0.2) is 0 Å². The molecule has 0 amide bonds. The molecule has 94 valence electrons. The molecule has 1 heterocycles. The third-order valence-electron chi connectivity index (χ3n) is 2.44. The zero-order chi connectivity index (χ0) is 13.1. The summed E-state index contributed by atoms with van der Waals surface area (Å²) in [6.45, 7) is 0.557.